The van der Waals surface area contributed by atoms with Crippen LogP contribution in [0.25, 0.3) is 10.1 Å². The van der Waals surface area contributed by atoms with Gasteiger partial charge in [0.1, 0.15) is 6.04 Å². The Bertz CT molecular complexity index is 911. The number of fused-ring (bicyclic) bond motifs is 1. The largest absolute Gasteiger partial charge is 0.480 e. The Kier molecular flexibility index (Phi) is 5.02. The third kappa shape index (κ3) is 3.52. The summed E-state index contributed by atoms with van der Waals surface area (Å²) in [5.74, 6) is -0.224. The lowest BCUT2D eigenvalue weighted by molar-refractivity contribution is -0.142. The van der Waals surface area contributed by atoms with Crippen LogP contribution in [0.1, 0.15) is 54.7 Å². The highest BCUT2D eigenvalue weighted by Gasteiger charge is 2.37. The van der Waals surface area contributed by atoms with Gasteiger partial charge in [0.05, 0.1) is 6.04 Å². The van der Waals surface area contributed by atoms with Crippen molar-refractivity contribution in [1.29, 1.82) is 0 Å². The number of thiophene rings is 1. The summed E-state index contributed by atoms with van der Waals surface area (Å²) in [4.78, 5) is 15.3. The van der Waals surface area contributed by atoms with E-state index < -0.39 is 12.0 Å². The van der Waals surface area contributed by atoms with E-state index in [9.17, 15) is 9.90 Å². The van der Waals surface area contributed by atoms with Crippen LogP contribution in [-0.4, -0.2) is 28.6 Å². The van der Waals surface area contributed by atoms with Crippen molar-refractivity contribution in [2.75, 3.05) is 6.54 Å². The quantitative estimate of drug-likeness (QED) is 0.621. The molecule has 0 aliphatic carbocycles. The maximum Gasteiger partial charge on any atom is 0.320 e. The van der Waals surface area contributed by atoms with Gasteiger partial charge in [0.25, 0.3) is 0 Å². The molecular formula is C23H25NO2S. The van der Waals surface area contributed by atoms with E-state index in [1.807, 2.05) is 0 Å². The molecule has 2 atom stereocenters. The number of carbonyl (C=O) groups is 1. The molecule has 2 unspecified atom stereocenters. The molecule has 2 heterocycles. The predicted octanol–water partition coefficient (Wildman–Crippen LogP) is 5.66. The van der Waals surface area contributed by atoms with E-state index in [2.05, 4.69) is 73.3 Å². The van der Waals surface area contributed by atoms with E-state index in [0.717, 1.165) is 19.4 Å². The summed E-state index contributed by atoms with van der Waals surface area (Å²) in [5, 5.41) is 11.0. The van der Waals surface area contributed by atoms with Gasteiger partial charge < -0.3 is 5.11 Å². The third-order valence-corrected chi connectivity index (χ3v) is 6.71. The van der Waals surface area contributed by atoms with Crippen LogP contribution in [0, 0.1) is 0 Å². The van der Waals surface area contributed by atoms with Gasteiger partial charge in [0.15, 0.2) is 0 Å². The molecule has 1 saturated heterocycles. The smallest absolute Gasteiger partial charge is 0.320 e. The summed E-state index contributed by atoms with van der Waals surface area (Å²) < 4.78 is 1.25. The Balaban J connectivity index is 1.80. The molecule has 1 fully saturated rings. The maximum atomic E-state index is 11.9. The molecule has 4 rings (SSSR count). The Morgan fingerprint density at radius 1 is 1.11 bits per heavy atom. The van der Waals surface area contributed by atoms with Crippen molar-refractivity contribution in [3.63, 3.8) is 0 Å². The normalized spacial score (nSPS) is 19.0. The molecule has 0 amide bonds. The SMILES string of the molecule is CC(C)c1ccc(C(c2cc3ccccc3s2)N2CCCC2C(=O)O)cc1. The van der Waals surface area contributed by atoms with E-state index in [-0.39, 0.29) is 6.04 Å². The van der Waals surface area contributed by atoms with Gasteiger partial charge in [-0.1, -0.05) is 56.3 Å². The van der Waals surface area contributed by atoms with Crippen molar-refractivity contribution in [1.82, 2.24) is 4.90 Å². The summed E-state index contributed by atoms with van der Waals surface area (Å²) in [6.07, 6.45) is 1.66. The average molecular weight is 380 g/mol. The molecule has 3 nitrogen and oxygen atoms in total. The number of carboxylic acid groups (broad SMARTS) is 1. The number of aliphatic carboxylic acids is 1. The Hall–Kier alpha value is -2.17. The molecule has 1 aliphatic heterocycles. The van der Waals surface area contributed by atoms with Crippen LogP contribution >= 0.6 is 11.3 Å². The number of nitrogens with zero attached hydrogens (tertiary/aromatic N) is 1. The highest BCUT2D eigenvalue weighted by Crippen LogP contribution is 2.40. The topological polar surface area (TPSA) is 40.5 Å². The van der Waals surface area contributed by atoms with Crippen LogP contribution in [0.15, 0.2) is 54.6 Å². The van der Waals surface area contributed by atoms with Gasteiger partial charge in [-0.15, -0.1) is 11.3 Å². The number of likely N-dealkylation sites (tertiary alicyclic amines) is 1. The van der Waals surface area contributed by atoms with E-state index in [4.69, 9.17) is 0 Å². The minimum Gasteiger partial charge on any atom is -0.480 e. The maximum absolute atomic E-state index is 11.9. The molecule has 27 heavy (non-hydrogen) atoms. The number of hydrogen-bond donors (Lipinski definition) is 1. The Morgan fingerprint density at radius 2 is 1.81 bits per heavy atom. The van der Waals surface area contributed by atoms with Gasteiger partial charge in [-0.3, -0.25) is 9.69 Å². The van der Waals surface area contributed by atoms with Gasteiger partial charge in [-0.25, -0.2) is 0 Å². The number of carboxylic acids is 1. The Labute approximate surface area is 164 Å². The van der Waals surface area contributed by atoms with Crippen LogP contribution in [0.5, 0.6) is 0 Å². The molecule has 140 valence electrons. The van der Waals surface area contributed by atoms with Crippen LogP contribution in [-0.2, 0) is 4.79 Å². The van der Waals surface area contributed by atoms with Gasteiger partial charge in [0.2, 0.25) is 0 Å². The number of rotatable bonds is 5. The highest BCUT2D eigenvalue weighted by atomic mass is 32.1. The molecule has 0 saturated carbocycles. The van der Waals surface area contributed by atoms with Crippen molar-refractivity contribution < 1.29 is 9.90 Å². The highest BCUT2D eigenvalue weighted by molar-refractivity contribution is 7.19. The second-order valence-corrected chi connectivity index (χ2v) is 8.76. The molecule has 1 aliphatic rings. The average Bonchev–Trinajstić information content (AvgIpc) is 3.29. The first-order valence-corrected chi connectivity index (χ1v) is 10.4. The van der Waals surface area contributed by atoms with E-state index in [1.165, 1.54) is 26.1 Å². The van der Waals surface area contributed by atoms with E-state index >= 15 is 0 Å². The van der Waals surface area contributed by atoms with E-state index in [1.54, 1.807) is 11.3 Å². The van der Waals surface area contributed by atoms with Crippen molar-refractivity contribution in [3.8, 4) is 0 Å². The Morgan fingerprint density at radius 3 is 2.48 bits per heavy atom. The number of hydrogen-bond acceptors (Lipinski definition) is 3. The first-order valence-electron chi connectivity index (χ1n) is 9.61. The van der Waals surface area contributed by atoms with Crippen molar-refractivity contribution in [2.24, 2.45) is 0 Å². The minimum atomic E-state index is -0.711. The molecule has 0 spiro atoms. The zero-order valence-corrected chi connectivity index (χ0v) is 16.6. The molecule has 2 aromatic carbocycles. The van der Waals surface area contributed by atoms with Gasteiger partial charge in [-0.2, -0.15) is 0 Å². The molecule has 0 bridgehead atoms. The lowest BCUT2D eigenvalue weighted by Crippen LogP contribution is -2.39. The van der Waals surface area contributed by atoms with Crippen molar-refractivity contribution in [2.45, 2.75) is 44.7 Å². The molecular weight excluding hydrogens is 354 g/mol. The number of benzene rings is 2. The van der Waals surface area contributed by atoms with Crippen LogP contribution < -0.4 is 0 Å². The third-order valence-electron chi connectivity index (χ3n) is 5.54. The van der Waals surface area contributed by atoms with Crippen molar-refractivity contribution >= 4 is 27.4 Å². The molecule has 0 radical (unpaired) electrons. The molecule has 4 heteroatoms. The minimum absolute atomic E-state index is 0.00721. The first kappa shape index (κ1) is 18.2. The first-order chi connectivity index (χ1) is 13.0. The van der Waals surface area contributed by atoms with Gasteiger partial charge >= 0.3 is 5.97 Å². The fourth-order valence-corrected chi connectivity index (χ4v) is 5.30. The standard InChI is InChI=1S/C23H25NO2S/c1-15(2)16-9-11-17(12-10-16)22(24-13-5-7-19(24)23(25)26)21-14-18-6-3-4-8-20(18)27-21/h3-4,6,8-12,14-15,19,22H,5,7,13H2,1-2H3,(H,25,26). The summed E-state index contributed by atoms with van der Waals surface area (Å²) in [5.41, 5.74) is 2.49. The van der Waals surface area contributed by atoms with Gasteiger partial charge in [0, 0.05) is 16.1 Å². The summed E-state index contributed by atoms with van der Waals surface area (Å²) in [7, 11) is 0. The van der Waals surface area contributed by atoms with E-state index in [0.29, 0.717) is 5.92 Å². The van der Waals surface area contributed by atoms with Crippen molar-refractivity contribution in [3.05, 3.63) is 70.6 Å². The molecule has 1 N–H and O–H groups in total. The fourth-order valence-electron chi connectivity index (χ4n) is 4.08. The summed E-state index contributed by atoms with van der Waals surface area (Å²) >= 11 is 1.78. The fraction of sp³-hybridized carbons (Fsp3) is 0.348. The van der Waals surface area contributed by atoms with Crippen LogP contribution in [0.3, 0.4) is 0 Å². The lowest BCUT2D eigenvalue weighted by atomic mass is 9.97. The molecule has 3 aromatic rings. The molecule has 1 aromatic heterocycles. The summed E-state index contributed by atoms with van der Waals surface area (Å²) in [6, 6.07) is 18.9. The second-order valence-electron chi connectivity index (χ2n) is 7.64. The van der Waals surface area contributed by atoms with Crippen LogP contribution in [0.2, 0.25) is 0 Å². The predicted molar refractivity (Wildman–Crippen MR) is 112 cm³/mol. The lowest BCUT2D eigenvalue weighted by Gasteiger charge is -2.31. The monoisotopic (exact) mass is 379 g/mol. The zero-order valence-electron chi connectivity index (χ0n) is 15.8. The van der Waals surface area contributed by atoms with Crippen LogP contribution in [0.4, 0.5) is 0 Å². The summed E-state index contributed by atoms with van der Waals surface area (Å²) in [6.45, 7) is 5.21. The van der Waals surface area contributed by atoms with Gasteiger partial charge in [-0.05, 0) is 47.4 Å². The zero-order chi connectivity index (χ0) is 19.0. The second kappa shape index (κ2) is 7.45.